The first kappa shape index (κ1) is 10.9. The van der Waals surface area contributed by atoms with E-state index >= 15 is 0 Å². The maximum atomic E-state index is 11.2. The predicted octanol–water partition coefficient (Wildman–Crippen LogP) is 2.59. The van der Waals surface area contributed by atoms with E-state index < -0.39 is 0 Å². The fourth-order valence-electron chi connectivity index (χ4n) is 1.90. The SMILES string of the molecule is CC(=O)Cc1nc(C(C)C)n2ccccc12. The van der Waals surface area contributed by atoms with Crippen molar-refractivity contribution >= 4 is 11.3 Å². The van der Waals surface area contributed by atoms with Crippen LogP contribution in [0.2, 0.25) is 0 Å². The van der Waals surface area contributed by atoms with E-state index in [2.05, 4.69) is 23.2 Å². The summed E-state index contributed by atoms with van der Waals surface area (Å²) in [6.45, 7) is 5.82. The van der Waals surface area contributed by atoms with Gasteiger partial charge in [-0.3, -0.25) is 4.79 Å². The van der Waals surface area contributed by atoms with E-state index in [0.717, 1.165) is 17.0 Å². The van der Waals surface area contributed by atoms with Gasteiger partial charge in [0.25, 0.3) is 0 Å². The first-order valence-corrected chi connectivity index (χ1v) is 5.55. The lowest BCUT2D eigenvalue weighted by Gasteiger charge is -2.02. The highest BCUT2D eigenvalue weighted by molar-refractivity contribution is 5.80. The van der Waals surface area contributed by atoms with Crippen LogP contribution in [0.4, 0.5) is 0 Å². The third-order valence-corrected chi connectivity index (χ3v) is 2.58. The van der Waals surface area contributed by atoms with Gasteiger partial charge < -0.3 is 4.40 Å². The number of carbonyl (C=O) groups excluding carboxylic acids is 1. The molecule has 0 spiro atoms. The third-order valence-electron chi connectivity index (χ3n) is 2.58. The second-order valence-electron chi connectivity index (χ2n) is 4.41. The maximum Gasteiger partial charge on any atom is 0.135 e. The van der Waals surface area contributed by atoms with Gasteiger partial charge in [0.15, 0.2) is 0 Å². The Kier molecular flexibility index (Phi) is 2.77. The van der Waals surface area contributed by atoms with Crippen LogP contribution in [-0.2, 0) is 11.2 Å². The molecule has 0 unspecified atom stereocenters. The minimum atomic E-state index is 0.152. The van der Waals surface area contributed by atoms with Crippen molar-refractivity contribution < 1.29 is 4.79 Å². The van der Waals surface area contributed by atoms with Crippen LogP contribution in [0, 0.1) is 0 Å². The summed E-state index contributed by atoms with van der Waals surface area (Å²) in [7, 11) is 0. The van der Waals surface area contributed by atoms with Crippen LogP contribution in [-0.4, -0.2) is 15.2 Å². The molecule has 0 atom stereocenters. The van der Waals surface area contributed by atoms with Gasteiger partial charge in [0.2, 0.25) is 0 Å². The smallest absolute Gasteiger partial charge is 0.135 e. The molecule has 0 aliphatic rings. The molecule has 84 valence electrons. The zero-order valence-corrected chi connectivity index (χ0v) is 9.90. The number of pyridine rings is 1. The Morgan fingerprint density at radius 3 is 2.81 bits per heavy atom. The topological polar surface area (TPSA) is 34.4 Å². The first-order chi connectivity index (χ1) is 7.59. The number of hydrogen-bond donors (Lipinski definition) is 0. The molecule has 3 heteroatoms. The van der Waals surface area contributed by atoms with Gasteiger partial charge in [-0.2, -0.15) is 0 Å². The zero-order valence-electron chi connectivity index (χ0n) is 9.90. The van der Waals surface area contributed by atoms with Crippen molar-refractivity contribution in [3.05, 3.63) is 35.9 Å². The summed E-state index contributed by atoms with van der Waals surface area (Å²) in [5.74, 6) is 1.53. The van der Waals surface area contributed by atoms with Crippen LogP contribution in [0.25, 0.3) is 5.52 Å². The summed E-state index contributed by atoms with van der Waals surface area (Å²) in [5, 5.41) is 0. The average molecular weight is 216 g/mol. The molecule has 3 nitrogen and oxygen atoms in total. The van der Waals surface area contributed by atoms with E-state index in [-0.39, 0.29) is 5.78 Å². The van der Waals surface area contributed by atoms with E-state index in [1.807, 2.05) is 24.4 Å². The van der Waals surface area contributed by atoms with Crippen molar-refractivity contribution in [3.8, 4) is 0 Å². The van der Waals surface area contributed by atoms with Crippen molar-refractivity contribution in [1.82, 2.24) is 9.38 Å². The van der Waals surface area contributed by atoms with E-state index in [1.54, 1.807) is 6.92 Å². The summed E-state index contributed by atoms with van der Waals surface area (Å²) in [4.78, 5) is 15.8. The number of Topliss-reactive ketones (excluding diaryl/α,β-unsaturated/α-hetero) is 1. The van der Waals surface area contributed by atoms with Crippen molar-refractivity contribution in [3.63, 3.8) is 0 Å². The van der Waals surface area contributed by atoms with Crippen molar-refractivity contribution in [2.45, 2.75) is 33.1 Å². The molecule has 0 aliphatic heterocycles. The van der Waals surface area contributed by atoms with Crippen LogP contribution >= 0.6 is 0 Å². The summed E-state index contributed by atoms with van der Waals surface area (Å²) in [6, 6.07) is 5.97. The predicted molar refractivity (Wildman–Crippen MR) is 63.7 cm³/mol. The molecule has 0 saturated heterocycles. The lowest BCUT2D eigenvalue weighted by atomic mass is 10.2. The Morgan fingerprint density at radius 1 is 1.44 bits per heavy atom. The molecule has 0 bridgehead atoms. The molecular weight excluding hydrogens is 200 g/mol. The lowest BCUT2D eigenvalue weighted by molar-refractivity contribution is -0.116. The number of carbonyl (C=O) groups is 1. The molecule has 2 rings (SSSR count). The second kappa shape index (κ2) is 4.08. The Balaban J connectivity index is 2.62. The quantitative estimate of drug-likeness (QED) is 0.790. The fourth-order valence-corrected chi connectivity index (χ4v) is 1.90. The molecular formula is C13H16N2O. The highest BCUT2D eigenvalue weighted by Gasteiger charge is 2.13. The largest absolute Gasteiger partial charge is 0.303 e. The van der Waals surface area contributed by atoms with Gasteiger partial charge in [-0.05, 0) is 19.1 Å². The van der Waals surface area contributed by atoms with E-state index in [4.69, 9.17) is 0 Å². The van der Waals surface area contributed by atoms with Gasteiger partial charge in [-0.15, -0.1) is 0 Å². The van der Waals surface area contributed by atoms with Crippen LogP contribution in [0.5, 0.6) is 0 Å². The summed E-state index contributed by atoms with van der Waals surface area (Å²) < 4.78 is 2.07. The molecule has 0 fully saturated rings. The average Bonchev–Trinajstić information content (AvgIpc) is 2.57. The van der Waals surface area contributed by atoms with Gasteiger partial charge in [-0.1, -0.05) is 19.9 Å². The molecule has 0 N–H and O–H groups in total. The number of nitrogens with zero attached hydrogens (tertiary/aromatic N) is 2. The number of rotatable bonds is 3. The van der Waals surface area contributed by atoms with Gasteiger partial charge in [0.05, 0.1) is 17.6 Å². The summed E-state index contributed by atoms with van der Waals surface area (Å²) in [6.07, 6.45) is 2.42. The highest BCUT2D eigenvalue weighted by Crippen LogP contribution is 2.19. The minimum absolute atomic E-state index is 0.152. The van der Waals surface area contributed by atoms with Gasteiger partial charge in [-0.25, -0.2) is 4.98 Å². The normalized spacial score (nSPS) is 11.2. The zero-order chi connectivity index (χ0) is 11.7. The van der Waals surface area contributed by atoms with Crippen LogP contribution < -0.4 is 0 Å². The fraction of sp³-hybridized carbons (Fsp3) is 0.385. The van der Waals surface area contributed by atoms with Crippen LogP contribution in [0.15, 0.2) is 24.4 Å². The Bertz CT molecular complexity index is 526. The van der Waals surface area contributed by atoms with Crippen molar-refractivity contribution in [2.24, 2.45) is 0 Å². The number of fused-ring (bicyclic) bond motifs is 1. The van der Waals surface area contributed by atoms with Gasteiger partial charge >= 0.3 is 0 Å². The van der Waals surface area contributed by atoms with E-state index in [1.165, 1.54) is 0 Å². The van der Waals surface area contributed by atoms with Crippen LogP contribution in [0.3, 0.4) is 0 Å². The maximum absolute atomic E-state index is 11.2. The van der Waals surface area contributed by atoms with E-state index in [0.29, 0.717) is 12.3 Å². The molecule has 2 aromatic heterocycles. The Labute approximate surface area is 95.1 Å². The Morgan fingerprint density at radius 2 is 2.19 bits per heavy atom. The third kappa shape index (κ3) is 1.85. The van der Waals surface area contributed by atoms with Gasteiger partial charge in [0, 0.05) is 12.1 Å². The molecule has 0 amide bonds. The van der Waals surface area contributed by atoms with Crippen LogP contribution in [0.1, 0.15) is 38.2 Å². The molecule has 0 aliphatic carbocycles. The molecule has 2 aromatic rings. The standard InChI is InChI=1S/C13H16N2O/c1-9(2)13-14-11(8-10(3)16)12-6-4-5-7-15(12)13/h4-7,9H,8H2,1-3H3. The highest BCUT2D eigenvalue weighted by atomic mass is 16.1. The lowest BCUT2D eigenvalue weighted by Crippen LogP contribution is -1.97. The Hall–Kier alpha value is -1.64. The molecule has 16 heavy (non-hydrogen) atoms. The second-order valence-corrected chi connectivity index (χ2v) is 4.41. The molecule has 0 radical (unpaired) electrons. The van der Waals surface area contributed by atoms with Crippen molar-refractivity contribution in [1.29, 1.82) is 0 Å². The molecule has 2 heterocycles. The minimum Gasteiger partial charge on any atom is -0.303 e. The summed E-state index contributed by atoms with van der Waals surface area (Å²) >= 11 is 0. The number of aromatic nitrogens is 2. The molecule has 0 aromatic carbocycles. The van der Waals surface area contributed by atoms with E-state index in [9.17, 15) is 4.79 Å². The monoisotopic (exact) mass is 216 g/mol. The van der Waals surface area contributed by atoms with Gasteiger partial charge in [0.1, 0.15) is 11.6 Å². The number of imidazole rings is 1. The van der Waals surface area contributed by atoms with Crippen molar-refractivity contribution in [2.75, 3.05) is 0 Å². The number of hydrogen-bond acceptors (Lipinski definition) is 2. The summed E-state index contributed by atoms with van der Waals surface area (Å²) in [5.41, 5.74) is 1.93. The first-order valence-electron chi connectivity index (χ1n) is 5.55. The molecule has 0 saturated carbocycles. The number of ketones is 1.